The molecule has 2 aromatic rings. The molecule has 1 aliphatic carbocycles. The Labute approximate surface area is 189 Å². The monoisotopic (exact) mass is 440 g/mol. The van der Waals surface area contributed by atoms with E-state index in [0.717, 1.165) is 37.5 Å². The summed E-state index contributed by atoms with van der Waals surface area (Å²) < 4.78 is 19.3. The lowest BCUT2D eigenvalue weighted by Gasteiger charge is -2.41. The van der Waals surface area contributed by atoms with E-state index in [2.05, 4.69) is 15.1 Å². The summed E-state index contributed by atoms with van der Waals surface area (Å²) in [6.07, 6.45) is 6.61. The number of phenolic OH excluding ortho intramolecular Hbond substituents is 1. The number of methoxy groups -OCH3 is 1. The van der Waals surface area contributed by atoms with E-state index < -0.39 is 5.82 Å². The van der Waals surface area contributed by atoms with Crippen LogP contribution in [0.4, 0.5) is 10.1 Å². The maximum Gasteiger partial charge on any atom is 0.198 e. The molecule has 0 radical (unpaired) electrons. The van der Waals surface area contributed by atoms with Crippen molar-refractivity contribution in [2.75, 3.05) is 38.6 Å². The van der Waals surface area contributed by atoms with E-state index in [0.29, 0.717) is 24.2 Å². The van der Waals surface area contributed by atoms with Gasteiger partial charge in [0.15, 0.2) is 5.96 Å². The number of rotatable bonds is 5. The zero-order chi connectivity index (χ0) is 22.3. The molecule has 0 aromatic heterocycles. The van der Waals surface area contributed by atoms with Crippen molar-refractivity contribution < 1.29 is 14.2 Å². The lowest BCUT2D eigenvalue weighted by Crippen LogP contribution is -2.53. The largest absolute Gasteiger partial charge is 0.506 e. The third kappa shape index (κ3) is 5.51. The first kappa shape index (κ1) is 22.4. The molecule has 0 bridgehead atoms. The van der Waals surface area contributed by atoms with Gasteiger partial charge in [-0.05, 0) is 31.0 Å². The molecule has 32 heavy (non-hydrogen) atoms. The average Bonchev–Trinajstić information content (AvgIpc) is 2.84. The number of para-hydroxylation sites is 1. The van der Waals surface area contributed by atoms with Gasteiger partial charge in [0.05, 0.1) is 19.3 Å². The van der Waals surface area contributed by atoms with Gasteiger partial charge in [-0.3, -0.25) is 4.90 Å². The van der Waals surface area contributed by atoms with Crippen molar-refractivity contribution >= 4 is 11.6 Å². The number of benzene rings is 2. The van der Waals surface area contributed by atoms with Gasteiger partial charge in [0.1, 0.15) is 17.3 Å². The highest BCUT2D eigenvalue weighted by molar-refractivity contribution is 5.95. The lowest BCUT2D eigenvalue weighted by atomic mass is 9.94. The molecular weight excluding hydrogens is 407 g/mol. The molecule has 6 nitrogen and oxygen atoms in total. The van der Waals surface area contributed by atoms with Crippen LogP contribution in [-0.2, 0) is 6.54 Å². The molecule has 1 heterocycles. The maximum absolute atomic E-state index is 13.8. The summed E-state index contributed by atoms with van der Waals surface area (Å²) in [7, 11) is 1.65. The van der Waals surface area contributed by atoms with Crippen molar-refractivity contribution in [3.63, 3.8) is 0 Å². The van der Waals surface area contributed by atoms with Gasteiger partial charge in [-0.15, -0.1) is 0 Å². The van der Waals surface area contributed by atoms with Crippen LogP contribution in [0.1, 0.15) is 37.7 Å². The fourth-order valence-corrected chi connectivity index (χ4v) is 4.69. The molecule has 1 saturated carbocycles. The van der Waals surface area contributed by atoms with Crippen molar-refractivity contribution in [3.8, 4) is 11.5 Å². The Bertz CT molecular complexity index is 922. The van der Waals surface area contributed by atoms with E-state index in [1.165, 1.54) is 50.3 Å². The van der Waals surface area contributed by atoms with Crippen LogP contribution in [0.25, 0.3) is 0 Å². The Morgan fingerprint density at radius 2 is 1.84 bits per heavy atom. The zero-order valence-corrected chi connectivity index (χ0v) is 18.8. The first-order valence-corrected chi connectivity index (χ1v) is 11.5. The standard InChI is InChI=1S/C25H33FN4O2/c1-32-24-10-6-5-7-19(24)18-27-25(28-22-17-20(26)11-12-23(22)31)30-15-13-29(14-16-30)21-8-3-2-4-9-21/h5-7,10-12,17,21,31H,2-4,8-9,13-16,18H2,1H3,(H,27,28). The molecule has 0 unspecified atom stereocenters. The minimum atomic E-state index is -0.406. The second-order valence-electron chi connectivity index (χ2n) is 8.55. The fourth-order valence-electron chi connectivity index (χ4n) is 4.69. The number of phenols is 1. The highest BCUT2D eigenvalue weighted by atomic mass is 19.1. The number of piperazine rings is 1. The predicted molar refractivity (Wildman–Crippen MR) is 126 cm³/mol. The van der Waals surface area contributed by atoms with Gasteiger partial charge < -0.3 is 20.1 Å². The summed E-state index contributed by atoms with van der Waals surface area (Å²) in [5.41, 5.74) is 1.29. The minimum absolute atomic E-state index is 0.00256. The van der Waals surface area contributed by atoms with E-state index >= 15 is 0 Å². The molecule has 172 valence electrons. The van der Waals surface area contributed by atoms with Crippen LogP contribution >= 0.6 is 0 Å². The van der Waals surface area contributed by atoms with Crippen LogP contribution in [0.15, 0.2) is 47.5 Å². The highest BCUT2D eigenvalue weighted by Gasteiger charge is 2.26. The number of nitrogens with zero attached hydrogens (tertiary/aromatic N) is 3. The summed E-state index contributed by atoms with van der Waals surface area (Å²) in [5, 5.41) is 13.4. The van der Waals surface area contributed by atoms with Crippen molar-refractivity contribution in [1.82, 2.24) is 9.80 Å². The third-order valence-corrected chi connectivity index (χ3v) is 6.50. The number of ether oxygens (including phenoxy) is 1. The van der Waals surface area contributed by atoms with Gasteiger partial charge in [-0.1, -0.05) is 37.5 Å². The zero-order valence-electron chi connectivity index (χ0n) is 18.8. The Morgan fingerprint density at radius 1 is 1.09 bits per heavy atom. The maximum atomic E-state index is 13.8. The molecule has 1 saturated heterocycles. The molecule has 2 aromatic carbocycles. The molecule has 2 fully saturated rings. The lowest BCUT2D eigenvalue weighted by molar-refractivity contribution is 0.107. The van der Waals surface area contributed by atoms with Crippen molar-refractivity contribution in [3.05, 3.63) is 53.8 Å². The van der Waals surface area contributed by atoms with Crippen LogP contribution in [0.2, 0.25) is 0 Å². The van der Waals surface area contributed by atoms with Crippen LogP contribution in [0.5, 0.6) is 11.5 Å². The van der Waals surface area contributed by atoms with Gasteiger partial charge >= 0.3 is 0 Å². The highest BCUT2D eigenvalue weighted by Crippen LogP contribution is 2.26. The number of aromatic hydroxyl groups is 1. The second-order valence-corrected chi connectivity index (χ2v) is 8.55. The Hall–Kier alpha value is -2.80. The smallest absolute Gasteiger partial charge is 0.198 e. The molecule has 0 amide bonds. The first-order chi connectivity index (χ1) is 15.6. The van der Waals surface area contributed by atoms with Gasteiger partial charge in [0.2, 0.25) is 0 Å². The molecule has 7 heteroatoms. The van der Waals surface area contributed by atoms with E-state index in [1.807, 2.05) is 24.3 Å². The normalized spacial score (nSPS) is 18.6. The molecule has 1 aliphatic heterocycles. The van der Waals surface area contributed by atoms with Crippen molar-refractivity contribution in [2.45, 2.75) is 44.7 Å². The van der Waals surface area contributed by atoms with Gasteiger partial charge in [-0.25, -0.2) is 9.38 Å². The van der Waals surface area contributed by atoms with Gasteiger partial charge in [0.25, 0.3) is 0 Å². The molecule has 4 rings (SSSR count). The Kier molecular flexibility index (Phi) is 7.47. The van der Waals surface area contributed by atoms with Crippen LogP contribution in [0.3, 0.4) is 0 Å². The summed E-state index contributed by atoms with van der Waals surface area (Å²) in [6, 6.07) is 12.4. The first-order valence-electron chi connectivity index (χ1n) is 11.5. The summed E-state index contributed by atoms with van der Waals surface area (Å²) in [6.45, 7) is 4.06. The van der Waals surface area contributed by atoms with Crippen molar-refractivity contribution in [2.24, 2.45) is 4.99 Å². The van der Waals surface area contributed by atoms with E-state index in [4.69, 9.17) is 9.73 Å². The van der Waals surface area contributed by atoms with Crippen LogP contribution in [0, 0.1) is 5.82 Å². The molecule has 0 spiro atoms. The summed E-state index contributed by atoms with van der Waals surface area (Å²) >= 11 is 0. The summed E-state index contributed by atoms with van der Waals surface area (Å²) in [4.78, 5) is 9.63. The molecule has 2 N–H and O–H groups in total. The number of nitrogens with one attached hydrogen (secondary N) is 1. The topological polar surface area (TPSA) is 60.3 Å². The Balaban J connectivity index is 1.51. The predicted octanol–water partition coefficient (Wildman–Crippen LogP) is 4.46. The number of hydrogen-bond acceptors (Lipinski definition) is 4. The number of guanidine groups is 1. The van der Waals surface area contributed by atoms with Crippen LogP contribution in [-0.4, -0.2) is 60.2 Å². The Morgan fingerprint density at radius 3 is 2.59 bits per heavy atom. The molecular formula is C25H33FN4O2. The minimum Gasteiger partial charge on any atom is -0.506 e. The van der Waals surface area contributed by atoms with E-state index in [-0.39, 0.29) is 5.75 Å². The van der Waals surface area contributed by atoms with Crippen LogP contribution < -0.4 is 10.1 Å². The van der Waals surface area contributed by atoms with Gasteiger partial charge in [-0.2, -0.15) is 0 Å². The van der Waals surface area contributed by atoms with Gasteiger partial charge in [0, 0.05) is 43.9 Å². The quantitative estimate of drug-likeness (QED) is 0.408. The SMILES string of the molecule is COc1ccccc1CN=C(Nc1cc(F)ccc1O)N1CCN(C2CCCCC2)CC1. The number of hydrogen-bond donors (Lipinski definition) is 2. The third-order valence-electron chi connectivity index (χ3n) is 6.50. The summed E-state index contributed by atoms with van der Waals surface area (Å²) in [5.74, 6) is 1.01. The van der Waals surface area contributed by atoms with E-state index in [1.54, 1.807) is 7.11 Å². The number of halogens is 1. The van der Waals surface area contributed by atoms with E-state index in [9.17, 15) is 9.50 Å². The number of aliphatic imine (C=N–C) groups is 1. The molecule has 2 aliphatic rings. The number of anilines is 1. The molecule has 0 atom stereocenters. The second kappa shape index (κ2) is 10.7. The average molecular weight is 441 g/mol. The van der Waals surface area contributed by atoms with Crippen molar-refractivity contribution in [1.29, 1.82) is 0 Å². The fraction of sp³-hybridized carbons (Fsp3) is 0.480.